The number of allylic oxidation sites excluding steroid dienone is 1. The molecule has 0 fully saturated rings. The Morgan fingerprint density at radius 3 is 2.62 bits per heavy atom. The lowest BCUT2D eigenvalue weighted by atomic mass is 9.83. The number of hydrogen-bond acceptors (Lipinski definition) is 3. The molecule has 1 aromatic rings. The molecule has 130 valence electrons. The lowest BCUT2D eigenvalue weighted by Crippen LogP contribution is -2.25. The maximum absolute atomic E-state index is 12.5. The van der Waals surface area contributed by atoms with Gasteiger partial charge in [0.2, 0.25) is 0 Å². The molecule has 0 aromatic heterocycles. The summed E-state index contributed by atoms with van der Waals surface area (Å²) < 4.78 is 0. The van der Waals surface area contributed by atoms with Crippen molar-refractivity contribution in [2.45, 2.75) is 58.8 Å². The van der Waals surface area contributed by atoms with Gasteiger partial charge in [0.25, 0.3) is 5.91 Å². The van der Waals surface area contributed by atoms with E-state index in [2.05, 4.69) is 23.3 Å². The summed E-state index contributed by atoms with van der Waals surface area (Å²) in [6, 6.07) is 3.70. The average molecular weight is 328 g/mol. The Morgan fingerprint density at radius 1 is 1.29 bits per heavy atom. The molecule has 24 heavy (non-hydrogen) atoms. The number of amides is 1. The van der Waals surface area contributed by atoms with Crippen LogP contribution in [0.3, 0.4) is 0 Å². The number of benzene rings is 1. The van der Waals surface area contributed by atoms with Gasteiger partial charge in [0, 0.05) is 23.9 Å². The van der Waals surface area contributed by atoms with Crippen LogP contribution in [0.1, 0.15) is 74.9 Å². The fourth-order valence-electron chi connectivity index (χ4n) is 2.70. The van der Waals surface area contributed by atoms with Gasteiger partial charge in [-0.05, 0) is 36.8 Å². The van der Waals surface area contributed by atoms with Crippen molar-refractivity contribution in [1.82, 2.24) is 5.32 Å². The number of phenolic OH excluding ortho intramolecular Hbond substituents is 1. The van der Waals surface area contributed by atoms with Crippen LogP contribution in [0.4, 0.5) is 0 Å². The van der Waals surface area contributed by atoms with Gasteiger partial charge >= 0.3 is 0 Å². The highest BCUT2D eigenvalue weighted by Crippen LogP contribution is 2.36. The normalized spacial score (nSPS) is 14.4. The standard InChI is InChI=1S/C20H28N2O2/c1-5-6-10-22-19(24)15-12-14(17-9-7-8-11-21-17)13-16(18(15)23)20(2,3)4/h9,11-13,23H,5-8,10H2,1-4H3,(H,22,24). The van der Waals surface area contributed by atoms with E-state index in [0.717, 1.165) is 42.5 Å². The monoisotopic (exact) mass is 328 g/mol. The highest BCUT2D eigenvalue weighted by molar-refractivity contribution is 5.98. The molecule has 0 bridgehead atoms. The van der Waals surface area contributed by atoms with Gasteiger partial charge in [-0.1, -0.05) is 40.2 Å². The maximum Gasteiger partial charge on any atom is 0.255 e. The first-order valence-electron chi connectivity index (χ1n) is 8.73. The molecule has 0 saturated carbocycles. The number of phenols is 1. The quantitative estimate of drug-likeness (QED) is 0.786. The molecule has 1 aromatic carbocycles. The number of carbonyl (C=O) groups is 1. The molecule has 4 nitrogen and oxygen atoms in total. The third kappa shape index (κ3) is 4.25. The van der Waals surface area contributed by atoms with E-state index in [1.807, 2.05) is 33.1 Å². The van der Waals surface area contributed by atoms with Crippen LogP contribution in [0.5, 0.6) is 5.75 Å². The SMILES string of the molecule is CCCCNC(=O)c1cc(C2=CCCC=N2)cc(C(C)(C)C)c1O. The number of unbranched alkanes of at least 4 members (excludes halogenated alkanes) is 1. The Morgan fingerprint density at radius 2 is 2.04 bits per heavy atom. The molecule has 1 aliphatic heterocycles. The van der Waals surface area contributed by atoms with Crippen LogP contribution in [0, 0.1) is 0 Å². The molecule has 4 heteroatoms. The largest absolute Gasteiger partial charge is 0.507 e. The average Bonchev–Trinajstić information content (AvgIpc) is 2.55. The smallest absolute Gasteiger partial charge is 0.255 e. The van der Waals surface area contributed by atoms with Crippen LogP contribution in [0.2, 0.25) is 0 Å². The second-order valence-corrected chi connectivity index (χ2v) is 7.26. The topological polar surface area (TPSA) is 61.7 Å². The minimum absolute atomic E-state index is 0.0700. The van der Waals surface area contributed by atoms with Crippen molar-refractivity contribution in [2.75, 3.05) is 6.54 Å². The highest BCUT2D eigenvalue weighted by Gasteiger charge is 2.24. The van der Waals surface area contributed by atoms with Gasteiger partial charge in [-0.2, -0.15) is 0 Å². The van der Waals surface area contributed by atoms with E-state index in [9.17, 15) is 9.90 Å². The third-order valence-electron chi connectivity index (χ3n) is 4.14. The number of aromatic hydroxyl groups is 1. The van der Waals surface area contributed by atoms with Crippen LogP contribution >= 0.6 is 0 Å². The van der Waals surface area contributed by atoms with Gasteiger partial charge in [0.1, 0.15) is 5.75 Å². The molecule has 1 amide bonds. The zero-order valence-corrected chi connectivity index (χ0v) is 15.1. The van der Waals surface area contributed by atoms with Crippen LogP contribution in [-0.2, 0) is 5.41 Å². The Bertz CT molecular complexity index is 667. The third-order valence-corrected chi connectivity index (χ3v) is 4.14. The summed E-state index contributed by atoms with van der Waals surface area (Å²) >= 11 is 0. The number of nitrogens with zero attached hydrogens (tertiary/aromatic N) is 1. The maximum atomic E-state index is 12.5. The molecule has 2 N–H and O–H groups in total. The van der Waals surface area contributed by atoms with Crippen molar-refractivity contribution in [1.29, 1.82) is 0 Å². The summed E-state index contributed by atoms with van der Waals surface area (Å²) in [5, 5.41) is 13.5. The van der Waals surface area contributed by atoms with E-state index in [0.29, 0.717) is 12.1 Å². The van der Waals surface area contributed by atoms with Gasteiger partial charge in [-0.25, -0.2) is 0 Å². The second-order valence-electron chi connectivity index (χ2n) is 7.26. The molecule has 0 saturated heterocycles. The molecular formula is C20H28N2O2. The summed E-state index contributed by atoms with van der Waals surface area (Å²) in [4.78, 5) is 17.0. The van der Waals surface area contributed by atoms with Crippen LogP contribution in [-0.4, -0.2) is 23.8 Å². The Hall–Kier alpha value is -2.10. The summed E-state index contributed by atoms with van der Waals surface area (Å²) in [6.45, 7) is 8.79. The van der Waals surface area contributed by atoms with Crippen molar-refractivity contribution < 1.29 is 9.90 Å². The molecule has 0 radical (unpaired) electrons. The van der Waals surface area contributed by atoms with Crippen molar-refractivity contribution in [2.24, 2.45) is 4.99 Å². The number of aliphatic imine (C=N–C) groups is 1. The highest BCUT2D eigenvalue weighted by atomic mass is 16.3. The van der Waals surface area contributed by atoms with E-state index in [-0.39, 0.29) is 17.1 Å². The molecule has 0 spiro atoms. The molecule has 0 unspecified atom stereocenters. The summed E-state index contributed by atoms with van der Waals surface area (Å²) in [6.07, 6.45) is 7.81. The molecule has 2 rings (SSSR count). The molecule has 0 aliphatic carbocycles. The van der Waals surface area contributed by atoms with E-state index in [1.54, 1.807) is 6.07 Å². The number of hydrogen-bond donors (Lipinski definition) is 2. The lowest BCUT2D eigenvalue weighted by molar-refractivity contribution is 0.0950. The van der Waals surface area contributed by atoms with Gasteiger partial charge in [-0.3, -0.25) is 9.79 Å². The summed E-state index contributed by atoms with van der Waals surface area (Å²) in [5.74, 6) is -0.158. The Labute approximate surface area is 144 Å². The molecular weight excluding hydrogens is 300 g/mol. The van der Waals surface area contributed by atoms with Crippen LogP contribution < -0.4 is 5.32 Å². The second kappa shape index (κ2) is 7.65. The first kappa shape index (κ1) is 18.2. The van der Waals surface area contributed by atoms with Crippen molar-refractivity contribution in [3.8, 4) is 5.75 Å². The van der Waals surface area contributed by atoms with Crippen molar-refractivity contribution in [3.63, 3.8) is 0 Å². The molecule has 0 atom stereocenters. The van der Waals surface area contributed by atoms with E-state index >= 15 is 0 Å². The Kier molecular flexibility index (Phi) is 5.81. The van der Waals surface area contributed by atoms with E-state index in [1.165, 1.54) is 0 Å². The van der Waals surface area contributed by atoms with Gasteiger partial charge < -0.3 is 10.4 Å². The fourth-order valence-corrected chi connectivity index (χ4v) is 2.70. The Balaban J connectivity index is 2.46. The zero-order valence-electron chi connectivity index (χ0n) is 15.1. The summed E-state index contributed by atoms with van der Waals surface area (Å²) in [5.41, 5.74) is 2.58. The minimum atomic E-state index is -0.266. The minimum Gasteiger partial charge on any atom is -0.507 e. The van der Waals surface area contributed by atoms with Gasteiger partial charge in [0.05, 0.1) is 11.3 Å². The van der Waals surface area contributed by atoms with Crippen LogP contribution in [0.25, 0.3) is 5.70 Å². The first-order valence-corrected chi connectivity index (χ1v) is 8.73. The first-order chi connectivity index (χ1) is 11.3. The zero-order chi connectivity index (χ0) is 17.7. The van der Waals surface area contributed by atoms with Gasteiger partial charge in [-0.15, -0.1) is 0 Å². The molecule has 1 aliphatic rings. The molecule has 1 heterocycles. The lowest BCUT2D eigenvalue weighted by Gasteiger charge is -2.23. The van der Waals surface area contributed by atoms with Crippen LogP contribution in [0.15, 0.2) is 23.2 Å². The van der Waals surface area contributed by atoms with Gasteiger partial charge in [0.15, 0.2) is 0 Å². The van der Waals surface area contributed by atoms with E-state index in [4.69, 9.17) is 0 Å². The van der Waals surface area contributed by atoms with Crippen molar-refractivity contribution >= 4 is 17.8 Å². The fraction of sp³-hybridized carbons (Fsp3) is 0.500. The predicted octanol–water partition coefficient (Wildman–Crippen LogP) is 4.43. The predicted molar refractivity (Wildman–Crippen MR) is 99.8 cm³/mol. The van der Waals surface area contributed by atoms with E-state index < -0.39 is 0 Å². The summed E-state index contributed by atoms with van der Waals surface area (Å²) in [7, 11) is 0. The number of carbonyl (C=O) groups excluding carboxylic acids is 1. The number of rotatable bonds is 5. The number of nitrogens with one attached hydrogen (secondary N) is 1. The van der Waals surface area contributed by atoms with Crippen molar-refractivity contribution in [3.05, 3.63) is 34.9 Å².